The van der Waals surface area contributed by atoms with Gasteiger partial charge >= 0.3 is 0 Å². The molecule has 1 fully saturated rings. The van der Waals surface area contributed by atoms with Crippen LogP contribution in [0.15, 0.2) is 12.4 Å². The second kappa shape index (κ2) is 5.25. The Kier molecular flexibility index (Phi) is 3.72. The highest BCUT2D eigenvalue weighted by Gasteiger charge is 2.21. The van der Waals surface area contributed by atoms with Crippen molar-refractivity contribution < 1.29 is 0 Å². The van der Waals surface area contributed by atoms with E-state index < -0.39 is 0 Å². The number of hydrogen-bond acceptors (Lipinski definition) is 4. The average Bonchev–Trinajstić information content (AvgIpc) is 2.30. The summed E-state index contributed by atoms with van der Waals surface area (Å²) in [4.78, 5) is 11.1. The Morgan fingerprint density at radius 1 is 1.44 bits per heavy atom. The molecule has 1 aliphatic rings. The molecule has 1 atom stereocenters. The van der Waals surface area contributed by atoms with E-state index in [0.29, 0.717) is 0 Å². The molecule has 0 amide bonds. The minimum absolute atomic E-state index is 0.736. The van der Waals surface area contributed by atoms with Crippen molar-refractivity contribution in [2.75, 3.05) is 31.6 Å². The first-order chi connectivity index (χ1) is 7.81. The molecule has 0 aromatic carbocycles. The summed E-state index contributed by atoms with van der Waals surface area (Å²) >= 11 is 0. The number of nitrogens with zero attached hydrogens (tertiary/aromatic N) is 3. The third-order valence-corrected chi connectivity index (χ3v) is 3.17. The summed E-state index contributed by atoms with van der Waals surface area (Å²) in [6.45, 7) is 5.33. The van der Waals surface area contributed by atoms with Gasteiger partial charge in [-0.25, -0.2) is 4.98 Å². The van der Waals surface area contributed by atoms with Gasteiger partial charge in [0, 0.05) is 25.5 Å². The van der Waals surface area contributed by atoms with Gasteiger partial charge in [-0.15, -0.1) is 0 Å². The van der Waals surface area contributed by atoms with Crippen molar-refractivity contribution in [3.8, 4) is 0 Å². The highest BCUT2D eigenvalue weighted by Crippen LogP contribution is 2.22. The Labute approximate surface area is 97.1 Å². The molecule has 4 nitrogen and oxygen atoms in total. The van der Waals surface area contributed by atoms with Crippen molar-refractivity contribution >= 4 is 5.82 Å². The van der Waals surface area contributed by atoms with Crippen molar-refractivity contribution in [3.05, 3.63) is 18.1 Å². The zero-order valence-electron chi connectivity index (χ0n) is 10.1. The van der Waals surface area contributed by atoms with Gasteiger partial charge in [-0.05, 0) is 39.3 Å². The standard InChI is InChI=1S/C12H20N4/c1-10-12(15-6-5-14-10)16-7-3-4-11(9-16)8-13-2/h5-6,11,13H,3-4,7-9H2,1-2H3. The van der Waals surface area contributed by atoms with Crippen LogP contribution in [0.25, 0.3) is 0 Å². The van der Waals surface area contributed by atoms with E-state index in [0.717, 1.165) is 37.1 Å². The van der Waals surface area contributed by atoms with Gasteiger partial charge in [-0.1, -0.05) is 0 Å². The summed E-state index contributed by atoms with van der Waals surface area (Å²) in [5, 5.41) is 3.26. The van der Waals surface area contributed by atoms with Crippen molar-refractivity contribution in [2.24, 2.45) is 5.92 Å². The summed E-state index contributed by atoms with van der Waals surface area (Å²) in [7, 11) is 2.02. The molecule has 0 spiro atoms. The minimum atomic E-state index is 0.736. The van der Waals surface area contributed by atoms with E-state index in [1.807, 2.05) is 14.0 Å². The van der Waals surface area contributed by atoms with E-state index in [1.165, 1.54) is 12.8 Å². The Morgan fingerprint density at radius 3 is 3.00 bits per heavy atom. The van der Waals surface area contributed by atoms with Gasteiger partial charge in [0.15, 0.2) is 0 Å². The Balaban J connectivity index is 2.07. The second-order valence-corrected chi connectivity index (χ2v) is 4.48. The van der Waals surface area contributed by atoms with Gasteiger partial charge < -0.3 is 10.2 Å². The van der Waals surface area contributed by atoms with E-state index in [1.54, 1.807) is 12.4 Å². The number of aromatic nitrogens is 2. The lowest BCUT2D eigenvalue weighted by atomic mass is 9.98. The van der Waals surface area contributed by atoms with E-state index in [9.17, 15) is 0 Å². The van der Waals surface area contributed by atoms with Crippen LogP contribution in [-0.4, -0.2) is 36.6 Å². The topological polar surface area (TPSA) is 41.0 Å². The Bertz CT molecular complexity index is 338. The fraction of sp³-hybridized carbons (Fsp3) is 0.667. The molecule has 1 saturated heterocycles. The SMILES string of the molecule is CNCC1CCCN(c2nccnc2C)C1. The van der Waals surface area contributed by atoms with E-state index in [-0.39, 0.29) is 0 Å². The molecule has 88 valence electrons. The normalized spacial score (nSPS) is 21.1. The van der Waals surface area contributed by atoms with Gasteiger partial charge in [0.1, 0.15) is 5.82 Å². The van der Waals surface area contributed by atoms with E-state index in [2.05, 4.69) is 20.2 Å². The molecule has 0 radical (unpaired) electrons. The summed E-state index contributed by atoms with van der Waals surface area (Å²) in [6.07, 6.45) is 6.11. The molecule has 1 N–H and O–H groups in total. The van der Waals surface area contributed by atoms with Gasteiger partial charge in [-0.3, -0.25) is 4.98 Å². The Hall–Kier alpha value is -1.16. The zero-order chi connectivity index (χ0) is 11.4. The first kappa shape index (κ1) is 11.3. The molecule has 2 heterocycles. The molecule has 1 aromatic rings. The lowest BCUT2D eigenvalue weighted by molar-refractivity contribution is 0.400. The number of rotatable bonds is 3. The lowest BCUT2D eigenvalue weighted by Gasteiger charge is -2.33. The van der Waals surface area contributed by atoms with Crippen LogP contribution in [-0.2, 0) is 0 Å². The molecule has 0 saturated carbocycles. The predicted molar refractivity (Wildman–Crippen MR) is 65.6 cm³/mol. The molecule has 4 heteroatoms. The average molecular weight is 220 g/mol. The third-order valence-electron chi connectivity index (χ3n) is 3.17. The summed E-state index contributed by atoms with van der Waals surface area (Å²) < 4.78 is 0. The van der Waals surface area contributed by atoms with E-state index >= 15 is 0 Å². The largest absolute Gasteiger partial charge is 0.355 e. The quantitative estimate of drug-likeness (QED) is 0.831. The molecule has 16 heavy (non-hydrogen) atoms. The second-order valence-electron chi connectivity index (χ2n) is 4.48. The zero-order valence-corrected chi connectivity index (χ0v) is 10.1. The molecule has 1 aromatic heterocycles. The van der Waals surface area contributed by atoms with Gasteiger partial charge in [0.25, 0.3) is 0 Å². The van der Waals surface area contributed by atoms with E-state index in [4.69, 9.17) is 0 Å². The highest BCUT2D eigenvalue weighted by molar-refractivity contribution is 5.42. The number of nitrogens with one attached hydrogen (secondary N) is 1. The van der Waals surface area contributed by atoms with Crippen LogP contribution < -0.4 is 10.2 Å². The first-order valence-electron chi connectivity index (χ1n) is 5.98. The number of aryl methyl sites for hydroxylation is 1. The molecular formula is C12H20N4. The fourth-order valence-electron chi connectivity index (χ4n) is 2.42. The molecular weight excluding hydrogens is 200 g/mol. The third kappa shape index (κ3) is 2.50. The summed E-state index contributed by atoms with van der Waals surface area (Å²) in [6, 6.07) is 0. The smallest absolute Gasteiger partial charge is 0.150 e. The van der Waals surface area contributed by atoms with Crippen LogP contribution in [0.1, 0.15) is 18.5 Å². The van der Waals surface area contributed by atoms with Crippen LogP contribution >= 0.6 is 0 Å². The first-order valence-corrected chi connectivity index (χ1v) is 5.98. The van der Waals surface area contributed by atoms with Crippen molar-refractivity contribution in [1.82, 2.24) is 15.3 Å². The van der Waals surface area contributed by atoms with Gasteiger partial charge in [0.05, 0.1) is 5.69 Å². The van der Waals surface area contributed by atoms with Crippen LogP contribution in [0, 0.1) is 12.8 Å². The number of piperidine rings is 1. The summed E-state index contributed by atoms with van der Waals surface area (Å²) in [5.74, 6) is 1.79. The maximum Gasteiger partial charge on any atom is 0.150 e. The minimum Gasteiger partial charge on any atom is -0.355 e. The molecule has 0 bridgehead atoms. The molecule has 1 aliphatic heterocycles. The maximum absolute atomic E-state index is 4.44. The van der Waals surface area contributed by atoms with Crippen molar-refractivity contribution in [3.63, 3.8) is 0 Å². The monoisotopic (exact) mass is 220 g/mol. The van der Waals surface area contributed by atoms with Crippen molar-refractivity contribution in [1.29, 1.82) is 0 Å². The summed E-state index contributed by atoms with van der Waals surface area (Å²) in [5.41, 5.74) is 1.03. The fourth-order valence-corrected chi connectivity index (χ4v) is 2.42. The number of anilines is 1. The maximum atomic E-state index is 4.44. The van der Waals surface area contributed by atoms with Crippen molar-refractivity contribution in [2.45, 2.75) is 19.8 Å². The lowest BCUT2D eigenvalue weighted by Crippen LogP contribution is -2.39. The number of hydrogen-bond donors (Lipinski definition) is 1. The van der Waals surface area contributed by atoms with Crippen LogP contribution in [0.5, 0.6) is 0 Å². The molecule has 2 rings (SSSR count). The predicted octanol–water partition coefficient (Wildman–Crippen LogP) is 1.22. The van der Waals surface area contributed by atoms with Gasteiger partial charge in [0.2, 0.25) is 0 Å². The van der Waals surface area contributed by atoms with Crippen LogP contribution in [0.4, 0.5) is 5.82 Å². The highest BCUT2D eigenvalue weighted by atomic mass is 15.2. The Morgan fingerprint density at radius 2 is 2.25 bits per heavy atom. The molecule has 1 unspecified atom stereocenters. The van der Waals surface area contributed by atoms with Crippen LogP contribution in [0.2, 0.25) is 0 Å². The molecule has 0 aliphatic carbocycles. The van der Waals surface area contributed by atoms with Crippen LogP contribution in [0.3, 0.4) is 0 Å². The van der Waals surface area contributed by atoms with Gasteiger partial charge in [-0.2, -0.15) is 0 Å².